The largest absolute Gasteiger partial charge is 0.493 e. The van der Waals surface area contributed by atoms with Crippen LogP contribution in [0.4, 0.5) is 0 Å². The first kappa shape index (κ1) is 20.5. The lowest BCUT2D eigenvalue weighted by molar-refractivity contribution is -0.120. The van der Waals surface area contributed by atoms with Crippen LogP contribution in [-0.2, 0) is 17.6 Å². The first-order chi connectivity index (χ1) is 13.0. The highest BCUT2D eigenvalue weighted by Crippen LogP contribution is 2.29. The van der Waals surface area contributed by atoms with Gasteiger partial charge in [0.2, 0.25) is 5.91 Å². The Hall–Kier alpha value is -2.83. The first-order valence-corrected chi connectivity index (χ1v) is 8.72. The summed E-state index contributed by atoms with van der Waals surface area (Å²) < 4.78 is 21.4. The van der Waals surface area contributed by atoms with Crippen LogP contribution in [-0.4, -0.2) is 48.7 Å². The van der Waals surface area contributed by atoms with Crippen LogP contribution in [0.3, 0.4) is 0 Å². The minimum Gasteiger partial charge on any atom is -0.493 e. The van der Waals surface area contributed by atoms with Crippen LogP contribution in [0.2, 0.25) is 0 Å². The van der Waals surface area contributed by atoms with Gasteiger partial charge in [-0.1, -0.05) is 18.2 Å². The molecule has 0 fully saturated rings. The van der Waals surface area contributed by atoms with Crippen molar-refractivity contribution in [3.8, 4) is 23.0 Å². The van der Waals surface area contributed by atoms with Gasteiger partial charge in [-0.25, -0.2) is 0 Å². The van der Waals surface area contributed by atoms with Gasteiger partial charge in [0.05, 0.1) is 34.9 Å². The number of methoxy groups -OCH3 is 4. The Morgan fingerprint density at radius 3 is 2.26 bits per heavy atom. The molecule has 144 valence electrons. The molecule has 1 N–H and O–H groups in total. The number of nitrogens with one attached hydrogen (secondary N) is 1. The van der Waals surface area contributed by atoms with Gasteiger partial charge in [0.25, 0.3) is 0 Å². The molecule has 2 rings (SSSR count). The molecule has 2 aromatic carbocycles. The minimum absolute atomic E-state index is 0.0553. The van der Waals surface area contributed by atoms with Crippen LogP contribution in [0.25, 0.3) is 0 Å². The van der Waals surface area contributed by atoms with Crippen molar-refractivity contribution in [2.24, 2.45) is 0 Å². The Balaban J connectivity index is 1.95. The normalized spacial score (nSPS) is 10.2. The predicted molar refractivity (Wildman–Crippen MR) is 108 cm³/mol. The molecule has 0 spiro atoms. The lowest BCUT2D eigenvalue weighted by Gasteiger charge is -2.15. The van der Waals surface area contributed by atoms with E-state index in [2.05, 4.69) is 5.32 Å². The third-order valence-corrected chi connectivity index (χ3v) is 4.33. The highest BCUT2D eigenvalue weighted by atomic mass is 16.5. The lowest BCUT2D eigenvalue weighted by atomic mass is 9.92. The molecule has 0 aliphatic carbocycles. The number of carbonyl (C=O) groups is 1. The van der Waals surface area contributed by atoms with Gasteiger partial charge < -0.3 is 24.3 Å². The van der Waals surface area contributed by atoms with Crippen molar-refractivity contribution in [3.63, 3.8) is 0 Å². The fraction of sp³-hybridized carbons (Fsp3) is 0.350. The number of rotatable bonds is 9. The van der Waals surface area contributed by atoms with Gasteiger partial charge in [-0.2, -0.15) is 0 Å². The van der Waals surface area contributed by atoms with E-state index in [1.54, 1.807) is 34.5 Å². The molecule has 0 aliphatic heterocycles. The molecule has 7 heteroatoms. The van der Waals surface area contributed by atoms with E-state index >= 15 is 0 Å². The number of ether oxygens (including phenoxy) is 4. The van der Waals surface area contributed by atoms with Crippen molar-refractivity contribution in [1.82, 2.24) is 5.32 Å². The van der Waals surface area contributed by atoms with Gasteiger partial charge in [0.1, 0.15) is 7.85 Å². The maximum absolute atomic E-state index is 12.2. The van der Waals surface area contributed by atoms with Crippen LogP contribution >= 0.6 is 0 Å². The summed E-state index contributed by atoms with van der Waals surface area (Å²) >= 11 is 0. The number of hydrogen-bond donors (Lipinski definition) is 1. The van der Waals surface area contributed by atoms with Crippen molar-refractivity contribution in [3.05, 3.63) is 41.5 Å². The second-order valence-electron chi connectivity index (χ2n) is 6.07. The van der Waals surface area contributed by atoms with Gasteiger partial charge in [-0.05, 0) is 35.1 Å². The summed E-state index contributed by atoms with van der Waals surface area (Å²) in [6.07, 6.45) is 0.923. The van der Waals surface area contributed by atoms with Crippen LogP contribution in [0.15, 0.2) is 30.3 Å². The average molecular weight is 371 g/mol. The van der Waals surface area contributed by atoms with Crippen molar-refractivity contribution in [2.75, 3.05) is 35.0 Å². The van der Waals surface area contributed by atoms with E-state index < -0.39 is 0 Å². The first-order valence-electron chi connectivity index (χ1n) is 8.72. The molecule has 2 aromatic rings. The molecule has 0 aromatic heterocycles. The third kappa shape index (κ3) is 5.09. The molecular formula is C20H26BNO5. The lowest BCUT2D eigenvalue weighted by Crippen LogP contribution is -2.27. The molecule has 0 bridgehead atoms. The van der Waals surface area contributed by atoms with Gasteiger partial charge >= 0.3 is 0 Å². The Kier molecular flexibility index (Phi) is 7.40. The maximum atomic E-state index is 12.2. The summed E-state index contributed by atoms with van der Waals surface area (Å²) in [6, 6.07) is 9.45. The molecule has 0 unspecified atom stereocenters. The van der Waals surface area contributed by atoms with Crippen LogP contribution in [0.1, 0.15) is 11.1 Å². The fourth-order valence-corrected chi connectivity index (χ4v) is 2.95. The molecular weight excluding hydrogens is 345 g/mol. The Morgan fingerprint density at radius 1 is 0.926 bits per heavy atom. The van der Waals surface area contributed by atoms with Gasteiger partial charge in [-0.15, -0.1) is 0 Å². The summed E-state index contributed by atoms with van der Waals surface area (Å²) in [5.74, 6) is 2.64. The zero-order chi connectivity index (χ0) is 19.8. The van der Waals surface area contributed by atoms with Crippen molar-refractivity contribution in [1.29, 1.82) is 0 Å². The van der Waals surface area contributed by atoms with E-state index in [0.717, 1.165) is 22.3 Å². The topological polar surface area (TPSA) is 66.0 Å². The quantitative estimate of drug-likeness (QED) is 0.663. The summed E-state index contributed by atoms with van der Waals surface area (Å²) in [4.78, 5) is 12.2. The van der Waals surface area contributed by atoms with Gasteiger partial charge in [0, 0.05) is 6.54 Å². The van der Waals surface area contributed by atoms with Crippen molar-refractivity contribution >= 4 is 19.2 Å². The van der Waals surface area contributed by atoms with E-state index in [1.165, 1.54) is 0 Å². The predicted octanol–water partition coefficient (Wildman–Crippen LogP) is 0.881. The van der Waals surface area contributed by atoms with E-state index in [4.69, 9.17) is 18.9 Å². The van der Waals surface area contributed by atoms with Gasteiger partial charge in [0.15, 0.2) is 23.0 Å². The molecule has 0 radical (unpaired) electrons. The second-order valence-corrected chi connectivity index (χ2v) is 6.07. The standard InChI is InChI=1S/C20H26BNO5/c1-24-16-8-5-13(11-17(16)25-2)12-18(23)22-10-9-14-6-7-15(21)20(27-4)19(14)26-3/h5-8,11H,9-10,12,21H2,1-4H3,(H,22,23). The zero-order valence-corrected chi connectivity index (χ0v) is 16.5. The summed E-state index contributed by atoms with van der Waals surface area (Å²) in [5.41, 5.74) is 2.86. The third-order valence-electron chi connectivity index (χ3n) is 4.33. The van der Waals surface area contributed by atoms with E-state index in [-0.39, 0.29) is 12.3 Å². The highest BCUT2D eigenvalue weighted by Gasteiger charge is 2.13. The average Bonchev–Trinajstić information content (AvgIpc) is 2.68. The second kappa shape index (κ2) is 9.76. The Labute approximate surface area is 161 Å². The molecule has 1 amide bonds. The molecule has 27 heavy (non-hydrogen) atoms. The smallest absolute Gasteiger partial charge is 0.224 e. The Morgan fingerprint density at radius 2 is 1.63 bits per heavy atom. The summed E-state index contributed by atoms with van der Waals surface area (Å²) in [7, 11) is 8.37. The number of hydrogen-bond acceptors (Lipinski definition) is 5. The van der Waals surface area contributed by atoms with E-state index in [9.17, 15) is 4.79 Å². The Bertz CT molecular complexity index is 794. The number of carbonyl (C=O) groups excluding carboxylic acids is 1. The maximum Gasteiger partial charge on any atom is 0.224 e. The van der Waals surface area contributed by atoms with Crippen LogP contribution in [0, 0.1) is 0 Å². The molecule has 0 saturated carbocycles. The number of benzene rings is 2. The van der Waals surface area contributed by atoms with E-state index in [0.29, 0.717) is 30.2 Å². The van der Waals surface area contributed by atoms with Crippen LogP contribution in [0.5, 0.6) is 23.0 Å². The molecule has 0 saturated heterocycles. The van der Waals surface area contributed by atoms with Crippen molar-refractivity contribution in [2.45, 2.75) is 12.8 Å². The minimum atomic E-state index is -0.0553. The van der Waals surface area contributed by atoms with Crippen molar-refractivity contribution < 1.29 is 23.7 Å². The number of amides is 1. The summed E-state index contributed by atoms with van der Waals surface area (Å²) in [6.45, 7) is 0.509. The fourth-order valence-electron chi connectivity index (χ4n) is 2.95. The van der Waals surface area contributed by atoms with E-state index in [1.807, 2.05) is 32.1 Å². The highest BCUT2D eigenvalue weighted by molar-refractivity contribution is 6.34. The summed E-state index contributed by atoms with van der Waals surface area (Å²) in [5, 5.41) is 2.94. The molecule has 0 heterocycles. The van der Waals surface area contributed by atoms with Crippen LogP contribution < -0.4 is 29.7 Å². The SMILES string of the molecule is Bc1ccc(CCNC(=O)Cc2ccc(OC)c(OC)c2)c(OC)c1OC. The molecule has 0 atom stereocenters. The zero-order valence-electron chi connectivity index (χ0n) is 16.5. The monoisotopic (exact) mass is 371 g/mol. The molecule has 6 nitrogen and oxygen atoms in total. The van der Waals surface area contributed by atoms with Gasteiger partial charge in [-0.3, -0.25) is 4.79 Å². The molecule has 0 aliphatic rings.